The van der Waals surface area contributed by atoms with Crippen LogP contribution in [-0.4, -0.2) is 37.0 Å². The number of aryl methyl sites for hydroxylation is 1. The van der Waals surface area contributed by atoms with Gasteiger partial charge in [0, 0.05) is 31.3 Å². The largest absolute Gasteiger partial charge is 0.378 e. The van der Waals surface area contributed by atoms with E-state index in [1.807, 2.05) is 18.3 Å². The molecule has 0 radical (unpaired) electrons. The van der Waals surface area contributed by atoms with Crippen molar-refractivity contribution in [2.24, 2.45) is 0 Å². The molecule has 1 saturated heterocycles. The molecular weight excluding hydrogens is 226 g/mol. The van der Waals surface area contributed by atoms with E-state index in [0.29, 0.717) is 6.42 Å². The molecule has 2 aliphatic rings. The molecule has 0 amide bonds. The van der Waals surface area contributed by atoms with Gasteiger partial charge in [0.05, 0.1) is 13.2 Å². The standard InChI is InChI=1S/C15H17NO2/c17-15-6-5-12-3-1-2-4-13(12)14(15)11-16-7-9-18-10-8-16/h1-4,11H,5-10H2. The molecule has 18 heavy (non-hydrogen) atoms. The molecule has 3 heteroatoms. The number of nitrogens with zero attached hydrogens (tertiary/aromatic N) is 1. The van der Waals surface area contributed by atoms with Crippen molar-refractivity contribution < 1.29 is 9.53 Å². The maximum absolute atomic E-state index is 12.1. The molecule has 1 heterocycles. The van der Waals surface area contributed by atoms with Gasteiger partial charge in [-0.2, -0.15) is 0 Å². The molecular formula is C15H17NO2. The van der Waals surface area contributed by atoms with Gasteiger partial charge in [-0.3, -0.25) is 4.79 Å². The third-order valence-electron chi connectivity index (χ3n) is 3.59. The molecule has 1 fully saturated rings. The van der Waals surface area contributed by atoms with Crippen molar-refractivity contribution in [1.82, 2.24) is 4.90 Å². The van der Waals surface area contributed by atoms with Crippen LogP contribution < -0.4 is 0 Å². The number of Topliss-reactive ketones (excluding diaryl/α,β-unsaturated/α-hetero) is 1. The molecule has 1 aliphatic heterocycles. The second-order valence-electron chi connectivity index (χ2n) is 4.77. The summed E-state index contributed by atoms with van der Waals surface area (Å²) in [6.07, 6.45) is 3.53. The van der Waals surface area contributed by atoms with Gasteiger partial charge in [-0.05, 0) is 17.5 Å². The van der Waals surface area contributed by atoms with Crippen molar-refractivity contribution in [3.05, 3.63) is 41.6 Å². The van der Waals surface area contributed by atoms with Crippen LogP contribution in [0.25, 0.3) is 5.57 Å². The molecule has 1 aliphatic carbocycles. The topological polar surface area (TPSA) is 29.5 Å². The average Bonchev–Trinajstić information content (AvgIpc) is 2.43. The van der Waals surface area contributed by atoms with Crippen LogP contribution in [0.4, 0.5) is 0 Å². The quantitative estimate of drug-likeness (QED) is 0.705. The Kier molecular flexibility index (Phi) is 3.15. The van der Waals surface area contributed by atoms with Crippen LogP contribution >= 0.6 is 0 Å². The fourth-order valence-corrected chi connectivity index (χ4v) is 2.56. The second kappa shape index (κ2) is 4.94. The Balaban J connectivity index is 1.94. The van der Waals surface area contributed by atoms with E-state index in [1.54, 1.807) is 0 Å². The lowest BCUT2D eigenvalue weighted by molar-refractivity contribution is -0.114. The van der Waals surface area contributed by atoms with Gasteiger partial charge >= 0.3 is 0 Å². The number of rotatable bonds is 1. The molecule has 94 valence electrons. The van der Waals surface area contributed by atoms with Crippen LogP contribution in [0.3, 0.4) is 0 Å². The minimum absolute atomic E-state index is 0.264. The van der Waals surface area contributed by atoms with Crippen molar-refractivity contribution in [2.45, 2.75) is 12.8 Å². The van der Waals surface area contributed by atoms with Crippen LogP contribution in [0.5, 0.6) is 0 Å². The summed E-state index contributed by atoms with van der Waals surface area (Å²) in [5.74, 6) is 0.264. The molecule has 0 N–H and O–H groups in total. The van der Waals surface area contributed by atoms with Gasteiger partial charge in [0.1, 0.15) is 0 Å². The van der Waals surface area contributed by atoms with Gasteiger partial charge in [0.2, 0.25) is 0 Å². The van der Waals surface area contributed by atoms with Crippen molar-refractivity contribution >= 4 is 11.4 Å². The number of allylic oxidation sites excluding steroid dienone is 1. The summed E-state index contributed by atoms with van der Waals surface area (Å²) in [4.78, 5) is 14.3. The van der Waals surface area contributed by atoms with E-state index in [9.17, 15) is 4.79 Å². The van der Waals surface area contributed by atoms with Crippen molar-refractivity contribution in [3.8, 4) is 0 Å². The minimum Gasteiger partial charge on any atom is -0.378 e. The number of carbonyl (C=O) groups is 1. The number of hydrogen-bond acceptors (Lipinski definition) is 3. The first-order valence-corrected chi connectivity index (χ1v) is 6.50. The Morgan fingerprint density at radius 3 is 2.72 bits per heavy atom. The summed E-state index contributed by atoms with van der Waals surface area (Å²) in [5, 5.41) is 0. The third-order valence-corrected chi connectivity index (χ3v) is 3.59. The van der Waals surface area contributed by atoms with Crippen LogP contribution in [0.2, 0.25) is 0 Å². The molecule has 3 rings (SSSR count). The SMILES string of the molecule is O=C1CCc2ccccc2C1=CN1CCOCC1. The number of ether oxygens (including phenoxy) is 1. The van der Waals surface area contributed by atoms with E-state index >= 15 is 0 Å². The second-order valence-corrected chi connectivity index (χ2v) is 4.77. The van der Waals surface area contributed by atoms with E-state index < -0.39 is 0 Å². The van der Waals surface area contributed by atoms with Crippen LogP contribution in [0, 0.1) is 0 Å². The van der Waals surface area contributed by atoms with Gasteiger partial charge in [0.25, 0.3) is 0 Å². The molecule has 0 bridgehead atoms. The van der Waals surface area contributed by atoms with Crippen LogP contribution in [0.15, 0.2) is 30.5 Å². The number of carbonyl (C=O) groups excluding carboxylic acids is 1. The van der Waals surface area contributed by atoms with Crippen LogP contribution in [-0.2, 0) is 16.0 Å². The van der Waals surface area contributed by atoms with E-state index in [4.69, 9.17) is 4.74 Å². The zero-order valence-electron chi connectivity index (χ0n) is 10.4. The molecule has 1 aromatic rings. The van der Waals surface area contributed by atoms with Gasteiger partial charge in [0.15, 0.2) is 5.78 Å². The fourth-order valence-electron chi connectivity index (χ4n) is 2.56. The number of ketones is 1. The predicted octanol–water partition coefficient (Wildman–Crippen LogP) is 1.88. The molecule has 0 saturated carbocycles. The van der Waals surface area contributed by atoms with Gasteiger partial charge < -0.3 is 9.64 Å². The predicted molar refractivity (Wildman–Crippen MR) is 70.1 cm³/mol. The zero-order chi connectivity index (χ0) is 12.4. The monoisotopic (exact) mass is 243 g/mol. The van der Waals surface area contributed by atoms with Crippen molar-refractivity contribution in [2.75, 3.05) is 26.3 Å². The molecule has 0 atom stereocenters. The molecule has 0 aromatic heterocycles. The number of fused-ring (bicyclic) bond motifs is 1. The summed E-state index contributed by atoms with van der Waals surface area (Å²) in [7, 11) is 0. The smallest absolute Gasteiger partial charge is 0.165 e. The summed E-state index contributed by atoms with van der Waals surface area (Å²) in [6.45, 7) is 3.25. The first kappa shape index (κ1) is 11.5. The highest BCUT2D eigenvalue weighted by Gasteiger charge is 2.22. The normalized spacial score (nSPS) is 22.1. The maximum atomic E-state index is 12.1. The fraction of sp³-hybridized carbons (Fsp3) is 0.400. The Morgan fingerprint density at radius 2 is 1.89 bits per heavy atom. The highest BCUT2D eigenvalue weighted by molar-refractivity contribution is 6.22. The maximum Gasteiger partial charge on any atom is 0.165 e. The highest BCUT2D eigenvalue weighted by Crippen LogP contribution is 2.28. The average molecular weight is 243 g/mol. The van der Waals surface area contributed by atoms with Crippen LogP contribution in [0.1, 0.15) is 17.5 Å². The summed E-state index contributed by atoms with van der Waals surface area (Å²) >= 11 is 0. The van der Waals surface area contributed by atoms with Gasteiger partial charge in [-0.25, -0.2) is 0 Å². The minimum atomic E-state index is 0.264. The van der Waals surface area contributed by atoms with E-state index in [0.717, 1.165) is 43.9 Å². The van der Waals surface area contributed by atoms with Crippen molar-refractivity contribution in [3.63, 3.8) is 0 Å². The lowest BCUT2D eigenvalue weighted by Gasteiger charge is -2.27. The first-order chi connectivity index (χ1) is 8.84. The lowest BCUT2D eigenvalue weighted by Crippen LogP contribution is -2.33. The molecule has 3 nitrogen and oxygen atoms in total. The molecule has 0 spiro atoms. The lowest BCUT2D eigenvalue weighted by atomic mass is 9.87. The summed E-state index contributed by atoms with van der Waals surface area (Å²) < 4.78 is 5.33. The molecule has 1 aromatic carbocycles. The van der Waals surface area contributed by atoms with E-state index in [-0.39, 0.29) is 5.78 Å². The highest BCUT2D eigenvalue weighted by atomic mass is 16.5. The zero-order valence-corrected chi connectivity index (χ0v) is 10.4. The Bertz CT molecular complexity index is 487. The Morgan fingerprint density at radius 1 is 1.11 bits per heavy atom. The van der Waals surface area contributed by atoms with Gasteiger partial charge in [-0.1, -0.05) is 24.3 Å². The number of benzene rings is 1. The first-order valence-electron chi connectivity index (χ1n) is 6.50. The third kappa shape index (κ3) is 2.18. The Labute approximate surface area is 107 Å². The molecule has 0 unspecified atom stereocenters. The summed E-state index contributed by atoms with van der Waals surface area (Å²) in [6, 6.07) is 8.22. The van der Waals surface area contributed by atoms with Crippen molar-refractivity contribution in [1.29, 1.82) is 0 Å². The summed E-state index contributed by atoms with van der Waals surface area (Å²) in [5.41, 5.74) is 3.27. The Hall–Kier alpha value is -1.61. The van der Waals surface area contributed by atoms with E-state index in [1.165, 1.54) is 5.56 Å². The number of hydrogen-bond donors (Lipinski definition) is 0. The number of morpholine rings is 1. The van der Waals surface area contributed by atoms with E-state index in [2.05, 4.69) is 17.0 Å². The van der Waals surface area contributed by atoms with Gasteiger partial charge in [-0.15, -0.1) is 0 Å².